The Bertz CT molecular complexity index is 369. The Labute approximate surface area is 95.5 Å². The topological polar surface area (TPSA) is 62.3 Å². The molecule has 2 heterocycles. The highest BCUT2D eigenvalue weighted by atomic mass is 16.5. The summed E-state index contributed by atoms with van der Waals surface area (Å²) in [5.74, 6) is 0.728. The van der Waals surface area contributed by atoms with E-state index in [0.29, 0.717) is 0 Å². The van der Waals surface area contributed by atoms with Crippen molar-refractivity contribution in [2.75, 3.05) is 13.7 Å². The van der Waals surface area contributed by atoms with Gasteiger partial charge in [-0.25, -0.2) is 0 Å². The Balaban J connectivity index is 2.32. The molecule has 16 heavy (non-hydrogen) atoms. The van der Waals surface area contributed by atoms with Crippen LogP contribution in [0.25, 0.3) is 0 Å². The van der Waals surface area contributed by atoms with Gasteiger partial charge in [0.15, 0.2) is 5.75 Å². The number of rotatable bonds is 3. The zero-order valence-corrected chi connectivity index (χ0v) is 10.1. The first-order valence-electron chi connectivity index (χ1n) is 5.54. The molecule has 2 unspecified atom stereocenters. The zero-order valence-electron chi connectivity index (χ0n) is 10.1. The third kappa shape index (κ3) is 1.70. The van der Waals surface area contributed by atoms with E-state index in [-0.39, 0.29) is 11.6 Å². The number of hydrogen-bond donors (Lipinski definition) is 1. The minimum atomic E-state index is -0.304. The predicted molar refractivity (Wildman–Crippen MR) is 60.3 cm³/mol. The average molecular weight is 225 g/mol. The van der Waals surface area contributed by atoms with Crippen LogP contribution in [0.1, 0.15) is 31.5 Å². The molecule has 2 rings (SSSR count). The van der Waals surface area contributed by atoms with Gasteiger partial charge in [-0.15, -0.1) is 0 Å². The van der Waals surface area contributed by atoms with Crippen molar-refractivity contribution >= 4 is 0 Å². The van der Waals surface area contributed by atoms with Crippen molar-refractivity contribution in [3.05, 3.63) is 11.9 Å². The highest BCUT2D eigenvalue weighted by Crippen LogP contribution is 2.38. The van der Waals surface area contributed by atoms with Gasteiger partial charge in [0, 0.05) is 13.7 Å². The smallest absolute Gasteiger partial charge is 0.161 e. The fourth-order valence-corrected chi connectivity index (χ4v) is 2.27. The van der Waals surface area contributed by atoms with Crippen LogP contribution in [-0.2, 0) is 11.8 Å². The largest absolute Gasteiger partial charge is 0.493 e. The van der Waals surface area contributed by atoms with Crippen molar-refractivity contribution in [3.63, 3.8) is 0 Å². The summed E-state index contributed by atoms with van der Waals surface area (Å²) in [6, 6.07) is -0.211. The van der Waals surface area contributed by atoms with E-state index in [4.69, 9.17) is 15.2 Å². The molecular weight excluding hydrogens is 206 g/mol. The molecule has 0 saturated carbocycles. The predicted octanol–water partition coefficient (Wildman–Crippen LogP) is 0.998. The van der Waals surface area contributed by atoms with E-state index in [2.05, 4.69) is 12.0 Å². The molecule has 0 aromatic carbocycles. The molecule has 1 aliphatic heterocycles. The summed E-state index contributed by atoms with van der Waals surface area (Å²) in [5.41, 5.74) is 6.88. The Morgan fingerprint density at radius 1 is 1.69 bits per heavy atom. The van der Waals surface area contributed by atoms with Crippen molar-refractivity contribution in [2.45, 2.75) is 31.4 Å². The normalized spacial score (nSPS) is 27.0. The van der Waals surface area contributed by atoms with Crippen LogP contribution in [0, 0.1) is 0 Å². The van der Waals surface area contributed by atoms with Crippen molar-refractivity contribution in [3.8, 4) is 5.75 Å². The van der Waals surface area contributed by atoms with E-state index < -0.39 is 0 Å². The van der Waals surface area contributed by atoms with Gasteiger partial charge >= 0.3 is 0 Å². The highest BCUT2D eigenvalue weighted by Gasteiger charge is 2.39. The van der Waals surface area contributed by atoms with Crippen LogP contribution in [0.5, 0.6) is 5.75 Å². The third-order valence-electron chi connectivity index (χ3n) is 3.37. The fourth-order valence-electron chi connectivity index (χ4n) is 2.27. The lowest BCUT2D eigenvalue weighted by Crippen LogP contribution is -2.39. The minimum Gasteiger partial charge on any atom is -0.493 e. The lowest BCUT2D eigenvalue weighted by Gasteiger charge is -2.30. The maximum atomic E-state index is 6.29. The van der Waals surface area contributed by atoms with E-state index in [1.807, 2.05) is 7.05 Å². The molecule has 0 bridgehead atoms. The Morgan fingerprint density at radius 3 is 3.00 bits per heavy atom. The molecule has 2 N–H and O–H groups in total. The molecule has 5 heteroatoms. The maximum absolute atomic E-state index is 6.29. The van der Waals surface area contributed by atoms with E-state index in [1.54, 1.807) is 18.0 Å². The Morgan fingerprint density at radius 2 is 2.44 bits per heavy atom. The van der Waals surface area contributed by atoms with Gasteiger partial charge < -0.3 is 15.2 Å². The first-order chi connectivity index (χ1) is 7.58. The molecule has 1 aromatic rings. The number of aryl methyl sites for hydroxylation is 1. The van der Waals surface area contributed by atoms with Crippen molar-refractivity contribution in [1.82, 2.24) is 9.78 Å². The van der Waals surface area contributed by atoms with Crippen molar-refractivity contribution < 1.29 is 9.47 Å². The van der Waals surface area contributed by atoms with Gasteiger partial charge in [-0.05, 0) is 19.8 Å². The summed E-state index contributed by atoms with van der Waals surface area (Å²) in [6.07, 6.45) is 3.72. The number of ether oxygens (including phenoxy) is 2. The Kier molecular flexibility index (Phi) is 2.90. The maximum Gasteiger partial charge on any atom is 0.161 e. The van der Waals surface area contributed by atoms with E-state index in [1.165, 1.54) is 0 Å². The molecule has 1 aromatic heterocycles. The van der Waals surface area contributed by atoms with Crippen molar-refractivity contribution in [1.29, 1.82) is 0 Å². The van der Waals surface area contributed by atoms with Crippen molar-refractivity contribution in [2.24, 2.45) is 12.8 Å². The second kappa shape index (κ2) is 4.07. The van der Waals surface area contributed by atoms with Crippen LogP contribution in [0.2, 0.25) is 0 Å². The van der Waals surface area contributed by atoms with Gasteiger partial charge in [0.1, 0.15) is 0 Å². The summed E-state index contributed by atoms with van der Waals surface area (Å²) in [7, 11) is 3.50. The summed E-state index contributed by atoms with van der Waals surface area (Å²) in [6.45, 7) is 2.83. The van der Waals surface area contributed by atoms with Gasteiger partial charge in [0.05, 0.1) is 30.6 Å². The van der Waals surface area contributed by atoms with E-state index in [9.17, 15) is 0 Å². The number of nitrogens with two attached hydrogens (primary N) is 1. The van der Waals surface area contributed by atoms with Gasteiger partial charge in [0.2, 0.25) is 0 Å². The molecule has 1 fully saturated rings. The average Bonchev–Trinajstić information content (AvgIpc) is 2.85. The minimum absolute atomic E-state index is 0.211. The van der Waals surface area contributed by atoms with Crippen LogP contribution >= 0.6 is 0 Å². The van der Waals surface area contributed by atoms with Crippen LogP contribution in [-0.4, -0.2) is 29.1 Å². The monoisotopic (exact) mass is 225 g/mol. The van der Waals surface area contributed by atoms with Crippen LogP contribution in [0.4, 0.5) is 0 Å². The molecule has 90 valence electrons. The quantitative estimate of drug-likeness (QED) is 0.833. The highest BCUT2D eigenvalue weighted by molar-refractivity contribution is 5.30. The third-order valence-corrected chi connectivity index (χ3v) is 3.37. The number of methoxy groups -OCH3 is 1. The number of nitrogens with zero attached hydrogens (tertiary/aromatic N) is 2. The Hall–Kier alpha value is -1.07. The van der Waals surface area contributed by atoms with E-state index >= 15 is 0 Å². The first kappa shape index (κ1) is 11.4. The molecule has 5 nitrogen and oxygen atoms in total. The number of hydrogen-bond acceptors (Lipinski definition) is 4. The van der Waals surface area contributed by atoms with E-state index in [0.717, 1.165) is 30.9 Å². The molecule has 0 spiro atoms. The van der Waals surface area contributed by atoms with Gasteiger partial charge in [-0.2, -0.15) is 5.10 Å². The van der Waals surface area contributed by atoms with Gasteiger partial charge in [-0.1, -0.05) is 0 Å². The standard InChI is InChI=1S/C11H19N3O2/c1-11(5-4-6-16-11)10(12)9-8(15-3)7-13-14(9)2/h7,10H,4-6,12H2,1-3H3. The molecule has 0 amide bonds. The van der Waals surface area contributed by atoms with Crippen LogP contribution in [0.3, 0.4) is 0 Å². The van der Waals surface area contributed by atoms with Crippen LogP contribution in [0.15, 0.2) is 6.20 Å². The molecular formula is C11H19N3O2. The number of aromatic nitrogens is 2. The SMILES string of the molecule is COc1cnn(C)c1C(N)C1(C)CCCO1. The molecule has 0 aliphatic carbocycles. The summed E-state index contributed by atoms with van der Waals surface area (Å²) in [4.78, 5) is 0. The molecule has 1 aliphatic rings. The lowest BCUT2D eigenvalue weighted by molar-refractivity contribution is -0.00419. The second-order valence-corrected chi connectivity index (χ2v) is 4.46. The molecule has 1 saturated heterocycles. The second-order valence-electron chi connectivity index (χ2n) is 4.46. The van der Waals surface area contributed by atoms with Crippen LogP contribution < -0.4 is 10.5 Å². The lowest BCUT2D eigenvalue weighted by atomic mass is 9.91. The molecule has 0 radical (unpaired) electrons. The van der Waals surface area contributed by atoms with Gasteiger partial charge in [0.25, 0.3) is 0 Å². The summed E-state index contributed by atoms with van der Waals surface area (Å²) >= 11 is 0. The van der Waals surface area contributed by atoms with Gasteiger partial charge in [-0.3, -0.25) is 4.68 Å². The molecule has 2 atom stereocenters. The zero-order chi connectivity index (χ0) is 11.8. The summed E-state index contributed by atoms with van der Waals surface area (Å²) < 4.78 is 12.8. The fraction of sp³-hybridized carbons (Fsp3) is 0.727. The summed E-state index contributed by atoms with van der Waals surface area (Å²) in [5, 5.41) is 4.17. The first-order valence-corrected chi connectivity index (χ1v) is 5.54.